The number of aliphatic hydroxyl groups is 1. The molecule has 0 heterocycles. The fourth-order valence-corrected chi connectivity index (χ4v) is 4.25. The van der Waals surface area contributed by atoms with E-state index in [0.29, 0.717) is 6.61 Å². The van der Waals surface area contributed by atoms with Crippen LogP contribution in [0.1, 0.15) is 63.7 Å². The second-order valence-corrected chi connectivity index (χ2v) is 8.53. The van der Waals surface area contributed by atoms with E-state index in [9.17, 15) is 9.90 Å². The third-order valence-corrected chi connectivity index (χ3v) is 6.35. The summed E-state index contributed by atoms with van der Waals surface area (Å²) in [4.78, 5) is 15.0. The van der Waals surface area contributed by atoms with Gasteiger partial charge in [-0.05, 0) is 44.0 Å². The molecule has 2 aromatic rings. The van der Waals surface area contributed by atoms with Crippen LogP contribution in [-0.4, -0.2) is 48.3 Å². The molecule has 1 aliphatic rings. The Bertz CT molecular complexity index is 770. The van der Waals surface area contributed by atoms with Gasteiger partial charge >= 0.3 is 5.97 Å². The summed E-state index contributed by atoms with van der Waals surface area (Å²) in [6.45, 7) is 9.37. The van der Waals surface area contributed by atoms with Crippen LogP contribution < -0.4 is 5.73 Å². The van der Waals surface area contributed by atoms with Gasteiger partial charge in [0.15, 0.2) is 0 Å². The number of benzene rings is 2. The molecule has 1 saturated carbocycles. The molecule has 1 fully saturated rings. The van der Waals surface area contributed by atoms with Gasteiger partial charge in [0.2, 0.25) is 0 Å². The summed E-state index contributed by atoms with van der Waals surface area (Å²) in [5, 5.41) is 9.47. The maximum Gasteiger partial charge on any atom is 0.316 e. The maximum atomic E-state index is 12.7. The molecule has 0 spiro atoms. The number of likely N-dealkylation sites (N-methyl/N-ethyl adjacent to an activating group) is 1. The van der Waals surface area contributed by atoms with Gasteiger partial charge in [0.25, 0.3) is 0 Å². The van der Waals surface area contributed by atoms with Crippen molar-refractivity contribution >= 4 is 5.97 Å². The van der Waals surface area contributed by atoms with Crippen molar-refractivity contribution in [3.05, 3.63) is 71.8 Å². The van der Waals surface area contributed by atoms with Crippen molar-refractivity contribution in [3.8, 4) is 0 Å². The van der Waals surface area contributed by atoms with Gasteiger partial charge in [-0.2, -0.15) is 0 Å². The summed E-state index contributed by atoms with van der Waals surface area (Å²) >= 11 is 0. The summed E-state index contributed by atoms with van der Waals surface area (Å²) in [5.74, 6) is -0.0293. The Morgan fingerprint density at radius 3 is 2.06 bits per heavy atom. The third-order valence-electron chi connectivity index (χ3n) is 6.35. The van der Waals surface area contributed by atoms with E-state index in [1.54, 1.807) is 6.92 Å². The van der Waals surface area contributed by atoms with Gasteiger partial charge in [-0.25, -0.2) is 0 Å². The van der Waals surface area contributed by atoms with Crippen molar-refractivity contribution in [1.29, 1.82) is 0 Å². The lowest BCUT2D eigenvalue weighted by molar-refractivity contribution is -0.151. The normalized spacial score (nSPS) is 16.7. The lowest BCUT2D eigenvalue weighted by Crippen LogP contribution is -2.36. The molecular formula is C27H40N2O3. The van der Waals surface area contributed by atoms with Gasteiger partial charge < -0.3 is 20.5 Å². The number of carbonyl (C=O) groups is 1. The Morgan fingerprint density at radius 1 is 1.03 bits per heavy atom. The van der Waals surface area contributed by atoms with Gasteiger partial charge in [0, 0.05) is 12.6 Å². The van der Waals surface area contributed by atoms with Crippen LogP contribution in [-0.2, 0) is 14.9 Å². The van der Waals surface area contributed by atoms with Crippen LogP contribution >= 0.6 is 0 Å². The molecule has 0 aliphatic heterocycles. The second-order valence-electron chi connectivity index (χ2n) is 8.53. The highest BCUT2D eigenvalue weighted by Gasteiger charge is 2.44. The zero-order valence-corrected chi connectivity index (χ0v) is 19.9. The summed E-state index contributed by atoms with van der Waals surface area (Å²) in [5.41, 5.74) is 7.12. The number of esters is 1. The van der Waals surface area contributed by atoms with Gasteiger partial charge in [-0.1, -0.05) is 87.4 Å². The zero-order chi connectivity index (χ0) is 23.4. The lowest BCUT2D eigenvalue weighted by Gasteiger charge is -2.28. The van der Waals surface area contributed by atoms with Gasteiger partial charge in [-0.3, -0.25) is 4.79 Å². The van der Waals surface area contributed by atoms with Crippen LogP contribution in [0.4, 0.5) is 0 Å². The van der Waals surface area contributed by atoms with Crippen LogP contribution in [0.25, 0.3) is 0 Å². The number of rotatable bonds is 9. The van der Waals surface area contributed by atoms with Gasteiger partial charge in [0.05, 0.1) is 11.5 Å². The summed E-state index contributed by atoms with van der Waals surface area (Å²) in [7, 11) is 0. The molecule has 2 atom stereocenters. The quantitative estimate of drug-likeness (QED) is 0.564. The van der Waals surface area contributed by atoms with Crippen molar-refractivity contribution in [2.45, 2.75) is 64.0 Å². The molecule has 5 nitrogen and oxygen atoms in total. The standard InChI is InChI=1S/C18H27NO2.C9H13NO/c1-3-19(4-2)14-15-21-17(20)18(12-8-9-13-18)16-10-6-5-7-11-16;1-7(10)9(11)8-5-3-2-4-6-8/h5-7,10-11H,3-4,8-9,12-15H2,1-2H3;2-7,9,11H,10H2,1H3/t;7-,9-/m.1/s1. The molecule has 0 amide bonds. The minimum Gasteiger partial charge on any atom is -0.464 e. The average molecular weight is 441 g/mol. The fraction of sp³-hybridized carbons (Fsp3) is 0.519. The van der Waals surface area contributed by atoms with E-state index in [4.69, 9.17) is 10.5 Å². The highest BCUT2D eigenvalue weighted by Crippen LogP contribution is 2.42. The van der Waals surface area contributed by atoms with E-state index >= 15 is 0 Å². The molecule has 0 radical (unpaired) electrons. The van der Waals surface area contributed by atoms with Crippen LogP contribution in [0.3, 0.4) is 0 Å². The van der Waals surface area contributed by atoms with E-state index in [1.165, 1.54) is 0 Å². The van der Waals surface area contributed by atoms with Crippen molar-refractivity contribution in [2.24, 2.45) is 5.73 Å². The number of hydrogen-bond acceptors (Lipinski definition) is 5. The van der Waals surface area contributed by atoms with E-state index < -0.39 is 11.5 Å². The molecule has 0 aromatic heterocycles. The molecule has 176 valence electrons. The Hall–Kier alpha value is -2.21. The number of ether oxygens (including phenoxy) is 1. The fourth-order valence-electron chi connectivity index (χ4n) is 4.25. The molecule has 2 aromatic carbocycles. The van der Waals surface area contributed by atoms with Crippen molar-refractivity contribution in [2.75, 3.05) is 26.2 Å². The first-order valence-corrected chi connectivity index (χ1v) is 11.9. The van der Waals surface area contributed by atoms with E-state index in [-0.39, 0.29) is 12.0 Å². The molecule has 5 heteroatoms. The zero-order valence-electron chi connectivity index (χ0n) is 19.9. The molecule has 1 aliphatic carbocycles. The number of nitrogens with two attached hydrogens (primary N) is 1. The Morgan fingerprint density at radius 2 is 1.56 bits per heavy atom. The Balaban J connectivity index is 0.000000278. The minimum absolute atomic E-state index is 0.0293. The molecule has 3 rings (SSSR count). The van der Waals surface area contributed by atoms with Crippen molar-refractivity contribution < 1.29 is 14.6 Å². The monoisotopic (exact) mass is 440 g/mol. The number of hydrogen-bond donors (Lipinski definition) is 2. The summed E-state index contributed by atoms with van der Waals surface area (Å²) in [6.07, 6.45) is 3.51. The highest BCUT2D eigenvalue weighted by atomic mass is 16.5. The van der Waals surface area contributed by atoms with Crippen molar-refractivity contribution in [3.63, 3.8) is 0 Å². The van der Waals surface area contributed by atoms with Crippen LogP contribution in [0.5, 0.6) is 0 Å². The SMILES string of the molecule is CCN(CC)CCOC(=O)C1(c2ccccc2)CCCC1.C[C@@H](N)[C@@H](O)c1ccccc1. The van der Waals surface area contributed by atoms with Crippen LogP contribution in [0.2, 0.25) is 0 Å². The van der Waals surface area contributed by atoms with Gasteiger partial charge in [0.1, 0.15) is 6.61 Å². The first-order valence-electron chi connectivity index (χ1n) is 11.9. The summed E-state index contributed by atoms with van der Waals surface area (Å²) < 4.78 is 5.64. The number of aliphatic hydroxyl groups excluding tert-OH is 1. The summed E-state index contributed by atoms with van der Waals surface area (Å²) in [6, 6.07) is 19.4. The molecular weight excluding hydrogens is 400 g/mol. The predicted molar refractivity (Wildman–Crippen MR) is 130 cm³/mol. The molecule has 0 saturated heterocycles. The van der Waals surface area contributed by atoms with Crippen molar-refractivity contribution in [1.82, 2.24) is 4.90 Å². The average Bonchev–Trinajstić information content (AvgIpc) is 3.34. The predicted octanol–water partition coefficient (Wildman–Crippen LogP) is 4.45. The first-order chi connectivity index (χ1) is 15.4. The topological polar surface area (TPSA) is 75.8 Å². The number of nitrogens with zero attached hydrogens (tertiary/aromatic N) is 1. The van der Waals surface area contributed by atoms with E-state index in [2.05, 4.69) is 30.9 Å². The number of carbonyl (C=O) groups excluding carboxylic acids is 1. The van der Waals surface area contributed by atoms with E-state index in [1.807, 2.05) is 48.5 Å². The Kier molecular flexibility index (Phi) is 10.9. The Labute approximate surface area is 193 Å². The maximum absolute atomic E-state index is 12.7. The molecule has 0 bridgehead atoms. The van der Waals surface area contributed by atoms with Gasteiger partial charge in [-0.15, -0.1) is 0 Å². The largest absolute Gasteiger partial charge is 0.464 e. The van der Waals surface area contributed by atoms with E-state index in [0.717, 1.165) is 56.4 Å². The molecule has 32 heavy (non-hydrogen) atoms. The highest BCUT2D eigenvalue weighted by molar-refractivity contribution is 5.83. The lowest BCUT2D eigenvalue weighted by atomic mass is 9.79. The third kappa shape index (κ3) is 7.16. The molecule has 3 N–H and O–H groups in total. The minimum atomic E-state index is -0.545. The smallest absolute Gasteiger partial charge is 0.316 e. The van der Waals surface area contributed by atoms with Crippen LogP contribution in [0.15, 0.2) is 60.7 Å². The first kappa shape index (κ1) is 26.0. The molecule has 0 unspecified atom stereocenters. The second kappa shape index (κ2) is 13.4. The van der Waals surface area contributed by atoms with Crippen LogP contribution in [0, 0.1) is 0 Å².